The quantitative estimate of drug-likeness (QED) is 0.613. The first kappa shape index (κ1) is 14.8. The standard InChI is InChI=1S/C15H22N2O3/c1-12(2)3-4-13-11-14(17(18)19)5-6-15(13)16-7-9-20-10-8-16/h5-6,11-12H,3-4,7-10H2,1-2H3. The van der Waals surface area contributed by atoms with Crippen molar-refractivity contribution in [2.45, 2.75) is 26.7 Å². The average Bonchev–Trinajstić information content (AvgIpc) is 2.45. The van der Waals surface area contributed by atoms with Gasteiger partial charge in [0.25, 0.3) is 5.69 Å². The van der Waals surface area contributed by atoms with Crippen LogP contribution >= 0.6 is 0 Å². The van der Waals surface area contributed by atoms with E-state index in [1.165, 1.54) is 0 Å². The van der Waals surface area contributed by atoms with Crippen molar-refractivity contribution in [1.82, 2.24) is 0 Å². The molecule has 0 bridgehead atoms. The number of benzene rings is 1. The summed E-state index contributed by atoms with van der Waals surface area (Å²) in [6.45, 7) is 7.50. The molecule has 20 heavy (non-hydrogen) atoms. The number of nitro groups is 1. The normalized spacial score (nSPS) is 15.7. The molecule has 1 aromatic rings. The Hall–Kier alpha value is -1.62. The number of hydrogen-bond donors (Lipinski definition) is 0. The second-order valence-corrected chi connectivity index (χ2v) is 5.60. The van der Waals surface area contributed by atoms with Gasteiger partial charge in [-0.1, -0.05) is 13.8 Å². The molecule has 0 N–H and O–H groups in total. The van der Waals surface area contributed by atoms with Gasteiger partial charge in [-0.05, 0) is 30.4 Å². The zero-order chi connectivity index (χ0) is 14.5. The summed E-state index contributed by atoms with van der Waals surface area (Å²) in [6, 6.07) is 5.22. The van der Waals surface area contributed by atoms with Crippen molar-refractivity contribution in [1.29, 1.82) is 0 Å². The van der Waals surface area contributed by atoms with Gasteiger partial charge in [-0.3, -0.25) is 10.1 Å². The van der Waals surface area contributed by atoms with Gasteiger partial charge < -0.3 is 9.64 Å². The summed E-state index contributed by atoms with van der Waals surface area (Å²) in [7, 11) is 0. The van der Waals surface area contributed by atoms with Gasteiger partial charge in [-0.15, -0.1) is 0 Å². The Kier molecular flexibility index (Phi) is 4.95. The van der Waals surface area contributed by atoms with Crippen LogP contribution in [-0.2, 0) is 11.2 Å². The monoisotopic (exact) mass is 278 g/mol. The molecule has 1 aromatic carbocycles. The first-order valence-corrected chi connectivity index (χ1v) is 7.18. The summed E-state index contributed by atoms with van der Waals surface area (Å²) in [5, 5.41) is 11.0. The van der Waals surface area contributed by atoms with Gasteiger partial charge in [0.05, 0.1) is 18.1 Å². The van der Waals surface area contributed by atoms with Gasteiger partial charge in [0.1, 0.15) is 0 Å². The topological polar surface area (TPSA) is 55.6 Å². The van der Waals surface area contributed by atoms with E-state index in [1.807, 2.05) is 6.07 Å². The van der Waals surface area contributed by atoms with Crippen molar-refractivity contribution in [2.24, 2.45) is 5.92 Å². The number of ether oxygens (including phenoxy) is 1. The molecule has 2 rings (SSSR count). The van der Waals surface area contributed by atoms with Gasteiger partial charge in [0.2, 0.25) is 0 Å². The van der Waals surface area contributed by atoms with Crippen molar-refractivity contribution in [3.05, 3.63) is 33.9 Å². The van der Waals surface area contributed by atoms with Crippen molar-refractivity contribution in [3.63, 3.8) is 0 Å². The number of nitrogens with zero attached hydrogens (tertiary/aromatic N) is 2. The smallest absolute Gasteiger partial charge is 0.269 e. The van der Waals surface area contributed by atoms with Crippen LogP contribution in [0.1, 0.15) is 25.8 Å². The fraction of sp³-hybridized carbons (Fsp3) is 0.600. The third kappa shape index (κ3) is 3.70. The van der Waals surface area contributed by atoms with Crippen LogP contribution < -0.4 is 4.90 Å². The average molecular weight is 278 g/mol. The Morgan fingerprint density at radius 1 is 1.35 bits per heavy atom. The zero-order valence-electron chi connectivity index (χ0n) is 12.2. The van der Waals surface area contributed by atoms with E-state index in [-0.39, 0.29) is 10.6 Å². The van der Waals surface area contributed by atoms with E-state index in [9.17, 15) is 10.1 Å². The highest BCUT2D eigenvalue weighted by atomic mass is 16.6. The molecule has 0 saturated carbocycles. The van der Waals surface area contributed by atoms with Gasteiger partial charge >= 0.3 is 0 Å². The zero-order valence-corrected chi connectivity index (χ0v) is 12.2. The molecule has 1 aliphatic heterocycles. The fourth-order valence-electron chi connectivity index (χ4n) is 2.44. The highest BCUT2D eigenvalue weighted by Crippen LogP contribution is 2.28. The molecular weight excluding hydrogens is 256 g/mol. The largest absolute Gasteiger partial charge is 0.378 e. The minimum atomic E-state index is -0.317. The molecule has 5 nitrogen and oxygen atoms in total. The Morgan fingerprint density at radius 3 is 2.65 bits per heavy atom. The van der Waals surface area contributed by atoms with E-state index in [0.29, 0.717) is 5.92 Å². The predicted molar refractivity (Wildman–Crippen MR) is 79.3 cm³/mol. The Bertz CT molecular complexity index is 468. The lowest BCUT2D eigenvalue weighted by molar-refractivity contribution is -0.384. The van der Waals surface area contributed by atoms with E-state index < -0.39 is 0 Å². The molecular formula is C15H22N2O3. The summed E-state index contributed by atoms with van der Waals surface area (Å²) in [5.41, 5.74) is 2.38. The minimum Gasteiger partial charge on any atom is -0.378 e. The Balaban J connectivity index is 2.25. The van der Waals surface area contributed by atoms with Gasteiger partial charge in [-0.25, -0.2) is 0 Å². The molecule has 1 aliphatic rings. The first-order valence-electron chi connectivity index (χ1n) is 7.18. The lowest BCUT2D eigenvalue weighted by atomic mass is 10.00. The SMILES string of the molecule is CC(C)CCc1cc([N+](=O)[O-])ccc1N1CCOCC1. The van der Waals surface area contributed by atoms with Gasteiger partial charge in [-0.2, -0.15) is 0 Å². The number of rotatable bonds is 5. The van der Waals surface area contributed by atoms with Crippen molar-refractivity contribution in [2.75, 3.05) is 31.2 Å². The maximum Gasteiger partial charge on any atom is 0.269 e. The highest BCUT2D eigenvalue weighted by Gasteiger charge is 2.17. The second kappa shape index (κ2) is 6.70. The van der Waals surface area contributed by atoms with Gasteiger partial charge in [0, 0.05) is 30.9 Å². The highest BCUT2D eigenvalue weighted by molar-refractivity contribution is 5.58. The summed E-state index contributed by atoms with van der Waals surface area (Å²) < 4.78 is 5.37. The van der Waals surface area contributed by atoms with Crippen molar-refractivity contribution in [3.8, 4) is 0 Å². The molecule has 0 radical (unpaired) electrons. The Morgan fingerprint density at radius 2 is 2.05 bits per heavy atom. The summed E-state index contributed by atoms with van der Waals surface area (Å²) >= 11 is 0. The molecule has 1 fully saturated rings. The number of aryl methyl sites for hydroxylation is 1. The molecule has 0 spiro atoms. The van der Waals surface area contributed by atoms with Gasteiger partial charge in [0.15, 0.2) is 0 Å². The number of hydrogen-bond acceptors (Lipinski definition) is 4. The molecule has 0 aromatic heterocycles. The summed E-state index contributed by atoms with van der Waals surface area (Å²) in [6.07, 6.45) is 1.92. The van der Waals surface area contributed by atoms with E-state index >= 15 is 0 Å². The minimum absolute atomic E-state index is 0.181. The lowest BCUT2D eigenvalue weighted by Gasteiger charge is -2.30. The maximum atomic E-state index is 11.0. The molecule has 0 aliphatic carbocycles. The Labute approximate surface area is 119 Å². The summed E-state index contributed by atoms with van der Waals surface area (Å²) in [4.78, 5) is 12.9. The molecule has 0 unspecified atom stereocenters. The first-order chi connectivity index (χ1) is 9.58. The van der Waals surface area contributed by atoms with Crippen LogP contribution in [-0.4, -0.2) is 31.2 Å². The third-order valence-corrected chi connectivity index (χ3v) is 3.62. The van der Waals surface area contributed by atoms with Crippen molar-refractivity contribution < 1.29 is 9.66 Å². The number of anilines is 1. The van der Waals surface area contributed by atoms with Crippen LogP contribution in [0, 0.1) is 16.0 Å². The molecule has 110 valence electrons. The number of nitro benzene ring substituents is 1. The molecule has 0 amide bonds. The predicted octanol–water partition coefficient (Wildman–Crippen LogP) is 3.02. The molecule has 1 heterocycles. The van der Waals surface area contributed by atoms with Crippen LogP contribution in [0.15, 0.2) is 18.2 Å². The van der Waals surface area contributed by atoms with E-state index in [0.717, 1.165) is 50.4 Å². The fourth-order valence-corrected chi connectivity index (χ4v) is 2.44. The maximum absolute atomic E-state index is 11.0. The third-order valence-electron chi connectivity index (χ3n) is 3.62. The van der Waals surface area contributed by atoms with Crippen LogP contribution in [0.5, 0.6) is 0 Å². The van der Waals surface area contributed by atoms with E-state index in [2.05, 4.69) is 18.7 Å². The van der Waals surface area contributed by atoms with Crippen LogP contribution in [0.25, 0.3) is 0 Å². The summed E-state index contributed by atoms with van der Waals surface area (Å²) in [5.74, 6) is 0.590. The second-order valence-electron chi connectivity index (χ2n) is 5.60. The van der Waals surface area contributed by atoms with E-state index in [4.69, 9.17) is 4.74 Å². The lowest BCUT2D eigenvalue weighted by Crippen LogP contribution is -2.36. The molecule has 0 atom stereocenters. The molecule has 5 heteroatoms. The van der Waals surface area contributed by atoms with Crippen LogP contribution in [0.4, 0.5) is 11.4 Å². The molecule has 1 saturated heterocycles. The van der Waals surface area contributed by atoms with Crippen LogP contribution in [0.2, 0.25) is 0 Å². The van der Waals surface area contributed by atoms with Crippen LogP contribution in [0.3, 0.4) is 0 Å². The van der Waals surface area contributed by atoms with Crippen molar-refractivity contribution >= 4 is 11.4 Å². The number of non-ortho nitro benzene ring substituents is 1. The van der Waals surface area contributed by atoms with E-state index in [1.54, 1.807) is 12.1 Å². The number of morpholine rings is 1.